The van der Waals surface area contributed by atoms with E-state index in [-0.39, 0.29) is 0 Å². The SMILES string of the molecule is CNC1CN(C(=O)CN2CCC2)C1. The number of hydrogen-bond donors (Lipinski definition) is 1. The van der Waals surface area contributed by atoms with Gasteiger partial charge in [0.2, 0.25) is 5.91 Å². The van der Waals surface area contributed by atoms with Crippen LogP contribution in [0.15, 0.2) is 0 Å². The van der Waals surface area contributed by atoms with E-state index >= 15 is 0 Å². The molecule has 0 radical (unpaired) electrons. The summed E-state index contributed by atoms with van der Waals surface area (Å²) in [5.41, 5.74) is 0. The Morgan fingerprint density at radius 1 is 1.46 bits per heavy atom. The highest BCUT2D eigenvalue weighted by atomic mass is 16.2. The molecule has 74 valence electrons. The lowest BCUT2D eigenvalue weighted by molar-refractivity contribution is -0.138. The van der Waals surface area contributed by atoms with E-state index in [1.165, 1.54) is 6.42 Å². The molecule has 0 unspecified atom stereocenters. The standard InChI is InChI=1S/C9H17N3O/c1-10-8-5-12(6-8)9(13)7-11-3-2-4-11/h8,10H,2-7H2,1H3. The summed E-state index contributed by atoms with van der Waals surface area (Å²) in [6.07, 6.45) is 1.26. The molecule has 0 bridgehead atoms. The lowest BCUT2D eigenvalue weighted by Crippen LogP contribution is -2.61. The van der Waals surface area contributed by atoms with E-state index in [0.717, 1.165) is 26.2 Å². The number of rotatable bonds is 3. The van der Waals surface area contributed by atoms with Gasteiger partial charge in [-0.3, -0.25) is 9.69 Å². The summed E-state index contributed by atoms with van der Waals surface area (Å²) >= 11 is 0. The minimum absolute atomic E-state index is 0.297. The third kappa shape index (κ3) is 1.84. The molecule has 0 aromatic rings. The Morgan fingerprint density at radius 3 is 2.62 bits per heavy atom. The van der Waals surface area contributed by atoms with Gasteiger partial charge in [-0.2, -0.15) is 0 Å². The monoisotopic (exact) mass is 183 g/mol. The maximum atomic E-state index is 11.5. The van der Waals surface area contributed by atoms with Gasteiger partial charge in [-0.25, -0.2) is 0 Å². The second-order valence-corrected chi connectivity index (χ2v) is 3.91. The highest BCUT2D eigenvalue weighted by molar-refractivity contribution is 5.79. The molecule has 2 rings (SSSR count). The van der Waals surface area contributed by atoms with Gasteiger partial charge in [0.1, 0.15) is 0 Å². The van der Waals surface area contributed by atoms with Gasteiger partial charge < -0.3 is 10.2 Å². The van der Waals surface area contributed by atoms with E-state index < -0.39 is 0 Å². The van der Waals surface area contributed by atoms with Gasteiger partial charge >= 0.3 is 0 Å². The lowest BCUT2D eigenvalue weighted by Gasteiger charge is -2.41. The fraction of sp³-hybridized carbons (Fsp3) is 0.889. The number of amides is 1. The molecule has 0 aromatic carbocycles. The summed E-state index contributed by atoms with van der Waals surface area (Å²) in [5.74, 6) is 0.297. The predicted octanol–water partition coefficient (Wildman–Crippen LogP) is -0.878. The Hall–Kier alpha value is -0.610. The van der Waals surface area contributed by atoms with Gasteiger partial charge in [0, 0.05) is 19.1 Å². The molecule has 0 saturated carbocycles. The number of nitrogens with zero attached hydrogens (tertiary/aromatic N) is 2. The van der Waals surface area contributed by atoms with Crippen LogP contribution in [0.5, 0.6) is 0 Å². The van der Waals surface area contributed by atoms with Crippen molar-refractivity contribution < 1.29 is 4.79 Å². The Kier molecular flexibility index (Phi) is 2.51. The van der Waals surface area contributed by atoms with E-state index in [2.05, 4.69) is 10.2 Å². The van der Waals surface area contributed by atoms with Crippen molar-refractivity contribution in [3.8, 4) is 0 Å². The normalized spacial score (nSPS) is 23.9. The van der Waals surface area contributed by atoms with Crippen LogP contribution >= 0.6 is 0 Å². The van der Waals surface area contributed by atoms with Gasteiger partial charge in [-0.05, 0) is 26.6 Å². The molecule has 0 spiro atoms. The topological polar surface area (TPSA) is 35.6 Å². The Morgan fingerprint density at radius 2 is 2.15 bits per heavy atom. The van der Waals surface area contributed by atoms with E-state index in [1.807, 2.05) is 11.9 Å². The predicted molar refractivity (Wildman–Crippen MR) is 50.5 cm³/mol. The van der Waals surface area contributed by atoms with Crippen molar-refractivity contribution in [2.24, 2.45) is 0 Å². The average molecular weight is 183 g/mol. The van der Waals surface area contributed by atoms with Crippen molar-refractivity contribution in [1.82, 2.24) is 15.1 Å². The van der Waals surface area contributed by atoms with Gasteiger partial charge in [-0.15, -0.1) is 0 Å². The molecule has 1 amide bonds. The van der Waals surface area contributed by atoms with Crippen molar-refractivity contribution in [3.63, 3.8) is 0 Å². The number of carbonyl (C=O) groups excluding carboxylic acids is 1. The quantitative estimate of drug-likeness (QED) is 0.617. The maximum absolute atomic E-state index is 11.5. The average Bonchev–Trinajstić information content (AvgIpc) is 1.95. The Balaban J connectivity index is 1.67. The highest BCUT2D eigenvalue weighted by Crippen LogP contribution is 2.10. The Labute approximate surface area is 78.9 Å². The number of likely N-dealkylation sites (N-methyl/N-ethyl adjacent to an activating group) is 1. The van der Waals surface area contributed by atoms with Crippen LogP contribution in [0.4, 0.5) is 0 Å². The van der Waals surface area contributed by atoms with Crippen LogP contribution in [0.1, 0.15) is 6.42 Å². The van der Waals surface area contributed by atoms with Crippen molar-refractivity contribution in [1.29, 1.82) is 0 Å². The fourth-order valence-corrected chi connectivity index (χ4v) is 1.70. The van der Waals surface area contributed by atoms with E-state index in [4.69, 9.17) is 0 Å². The first-order chi connectivity index (χ1) is 6.29. The molecule has 4 nitrogen and oxygen atoms in total. The molecule has 0 atom stereocenters. The number of likely N-dealkylation sites (tertiary alicyclic amines) is 2. The highest BCUT2D eigenvalue weighted by Gasteiger charge is 2.30. The summed E-state index contributed by atoms with van der Waals surface area (Å²) in [7, 11) is 1.95. The van der Waals surface area contributed by atoms with Crippen LogP contribution < -0.4 is 5.32 Å². The lowest BCUT2D eigenvalue weighted by atomic mass is 10.1. The summed E-state index contributed by atoms with van der Waals surface area (Å²) in [6, 6.07) is 0.528. The molecular weight excluding hydrogens is 166 g/mol. The molecule has 1 N–H and O–H groups in total. The summed E-state index contributed by atoms with van der Waals surface area (Å²) in [4.78, 5) is 15.7. The van der Waals surface area contributed by atoms with Crippen LogP contribution in [0.3, 0.4) is 0 Å². The molecule has 4 heteroatoms. The molecule has 2 fully saturated rings. The zero-order valence-electron chi connectivity index (χ0n) is 8.12. The van der Waals surface area contributed by atoms with Gasteiger partial charge in [0.25, 0.3) is 0 Å². The first-order valence-corrected chi connectivity index (χ1v) is 4.97. The van der Waals surface area contributed by atoms with Crippen molar-refractivity contribution in [3.05, 3.63) is 0 Å². The summed E-state index contributed by atoms with van der Waals surface area (Å²) in [5, 5.41) is 3.16. The molecule has 2 saturated heterocycles. The maximum Gasteiger partial charge on any atom is 0.236 e. The number of hydrogen-bond acceptors (Lipinski definition) is 3. The summed E-state index contributed by atoms with van der Waals surface area (Å²) < 4.78 is 0. The van der Waals surface area contributed by atoms with Crippen LogP contribution in [0, 0.1) is 0 Å². The van der Waals surface area contributed by atoms with Crippen molar-refractivity contribution in [2.45, 2.75) is 12.5 Å². The third-order valence-electron chi connectivity index (χ3n) is 2.95. The second-order valence-electron chi connectivity index (χ2n) is 3.91. The molecule has 2 aliphatic heterocycles. The van der Waals surface area contributed by atoms with Gasteiger partial charge in [0.05, 0.1) is 6.54 Å². The molecule has 0 aliphatic carbocycles. The van der Waals surface area contributed by atoms with E-state index in [9.17, 15) is 4.79 Å². The second kappa shape index (κ2) is 3.64. The molecule has 2 heterocycles. The summed E-state index contributed by atoms with van der Waals surface area (Å²) in [6.45, 7) is 4.63. The van der Waals surface area contributed by atoms with Crippen LogP contribution in [-0.2, 0) is 4.79 Å². The fourth-order valence-electron chi connectivity index (χ4n) is 1.70. The van der Waals surface area contributed by atoms with Crippen LogP contribution in [-0.4, -0.2) is 61.5 Å². The first-order valence-electron chi connectivity index (χ1n) is 4.97. The first kappa shape index (κ1) is 8.97. The minimum Gasteiger partial charge on any atom is -0.338 e. The molecule has 0 aromatic heterocycles. The number of carbonyl (C=O) groups is 1. The molecule has 2 aliphatic rings. The third-order valence-corrected chi connectivity index (χ3v) is 2.95. The van der Waals surface area contributed by atoms with Crippen LogP contribution in [0.25, 0.3) is 0 Å². The van der Waals surface area contributed by atoms with Crippen molar-refractivity contribution in [2.75, 3.05) is 39.8 Å². The van der Waals surface area contributed by atoms with E-state index in [1.54, 1.807) is 0 Å². The molecule has 13 heavy (non-hydrogen) atoms. The largest absolute Gasteiger partial charge is 0.338 e. The van der Waals surface area contributed by atoms with Crippen LogP contribution in [0.2, 0.25) is 0 Å². The van der Waals surface area contributed by atoms with Crippen molar-refractivity contribution >= 4 is 5.91 Å². The van der Waals surface area contributed by atoms with E-state index in [0.29, 0.717) is 18.5 Å². The Bertz CT molecular complexity index is 197. The van der Waals surface area contributed by atoms with Gasteiger partial charge in [-0.1, -0.05) is 0 Å². The molecular formula is C9H17N3O. The zero-order chi connectivity index (χ0) is 9.26. The number of nitrogens with one attached hydrogen (secondary N) is 1. The minimum atomic E-state index is 0.297. The smallest absolute Gasteiger partial charge is 0.236 e. The van der Waals surface area contributed by atoms with Gasteiger partial charge in [0.15, 0.2) is 0 Å². The zero-order valence-corrected chi connectivity index (χ0v) is 8.12.